The number of halogens is 6. The van der Waals surface area contributed by atoms with E-state index in [1.54, 1.807) is 13.1 Å². The quantitative estimate of drug-likeness (QED) is 0.215. The van der Waals surface area contributed by atoms with E-state index >= 15 is 0 Å². The Balaban J connectivity index is 1.39. The predicted octanol–water partition coefficient (Wildman–Crippen LogP) is 6.71. The van der Waals surface area contributed by atoms with Gasteiger partial charge in [-0.25, -0.2) is 19.9 Å². The lowest BCUT2D eigenvalue weighted by Gasteiger charge is -2.19. The monoisotopic (exact) mass is 578 g/mol. The first-order chi connectivity index (χ1) is 19.4. The standard InChI is InChI=1S/C27H24F6N6O2/c1-14-10-34-22(20-21(17-8-9-17)35-13-36-25(20)40-3)38-24(14)41-12-16-4-6-18(7-5-16)23-37-19(27(31,32)33)11-39(23)15(2)26(28,29)30/h4-7,10-11,13,15,17H,8-9,12H2,1-3H3/t15-/m1/s1. The summed E-state index contributed by atoms with van der Waals surface area (Å²) in [5.41, 5.74) is 1.33. The van der Waals surface area contributed by atoms with Crippen LogP contribution in [0.25, 0.3) is 22.8 Å². The molecule has 1 aromatic carbocycles. The van der Waals surface area contributed by atoms with Gasteiger partial charge in [-0.2, -0.15) is 31.3 Å². The molecule has 3 aromatic heterocycles. The van der Waals surface area contributed by atoms with Gasteiger partial charge in [0, 0.05) is 29.4 Å². The third kappa shape index (κ3) is 5.95. The molecule has 216 valence electrons. The summed E-state index contributed by atoms with van der Waals surface area (Å²) in [4.78, 5) is 21.0. The van der Waals surface area contributed by atoms with Crippen LogP contribution in [-0.2, 0) is 12.8 Å². The number of methoxy groups -OCH3 is 1. The molecule has 1 atom stereocenters. The molecule has 0 unspecified atom stereocenters. The second kappa shape index (κ2) is 10.6. The molecule has 1 saturated carbocycles. The number of nitrogens with zero attached hydrogens (tertiary/aromatic N) is 6. The van der Waals surface area contributed by atoms with E-state index in [-0.39, 0.29) is 24.0 Å². The second-order valence-electron chi connectivity index (χ2n) is 9.66. The second-order valence-corrected chi connectivity index (χ2v) is 9.66. The first kappa shape index (κ1) is 28.3. The topological polar surface area (TPSA) is 87.8 Å². The largest absolute Gasteiger partial charge is 0.480 e. The van der Waals surface area contributed by atoms with E-state index in [1.165, 1.54) is 37.7 Å². The number of aryl methyl sites for hydroxylation is 1. The average Bonchev–Trinajstić information content (AvgIpc) is 3.68. The van der Waals surface area contributed by atoms with E-state index in [9.17, 15) is 26.3 Å². The number of hydrogen-bond acceptors (Lipinski definition) is 7. The summed E-state index contributed by atoms with van der Waals surface area (Å²) in [6.07, 6.45) is -4.27. The molecule has 8 nitrogen and oxygen atoms in total. The number of aromatic nitrogens is 6. The van der Waals surface area contributed by atoms with Gasteiger partial charge in [-0.3, -0.25) is 0 Å². The summed E-state index contributed by atoms with van der Waals surface area (Å²) in [7, 11) is 1.50. The van der Waals surface area contributed by atoms with Gasteiger partial charge in [0.25, 0.3) is 0 Å². The molecule has 1 fully saturated rings. The van der Waals surface area contributed by atoms with Crippen molar-refractivity contribution in [1.82, 2.24) is 29.5 Å². The van der Waals surface area contributed by atoms with Crippen molar-refractivity contribution in [2.24, 2.45) is 0 Å². The molecule has 0 aliphatic heterocycles. The minimum Gasteiger partial charge on any atom is -0.480 e. The average molecular weight is 579 g/mol. The van der Waals surface area contributed by atoms with Gasteiger partial charge in [-0.15, -0.1) is 0 Å². The van der Waals surface area contributed by atoms with E-state index in [0.29, 0.717) is 39.2 Å². The molecule has 1 aliphatic rings. The van der Waals surface area contributed by atoms with Crippen molar-refractivity contribution in [2.45, 2.75) is 57.6 Å². The molecule has 3 heterocycles. The van der Waals surface area contributed by atoms with Gasteiger partial charge in [-0.05, 0) is 32.3 Å². The fourth-order valence-electron chi connectivity index (χ4n) is 4.20. The number of alkyl halides is 6. The molecular formula is C27H24F6N6O2. The Hall–Kier alpha value is -4.23. The van der Waals surface area contributed by atoms with Crippen LogP contribution in [0.5, 0.6) is 11.8 Å². The van der Waals surface area contributed by atoms with Crippen molar-refractivity contribution in [3.8, 4) is 34.5 Å². The van der Waals surface area contributed by atoms with E-state index in [0.717, 1.165) is 25.5 Å². The van der Waals surface area contributed by atoms with Crippen molar-refractivity contribution in [3.63, 3.8) is 0 Å². The van der Waals surface area contributed by atoms with E-state index in [4.69, 9.17) is 9.47 Å². The Morgan fingerprint density at radius 1 is 0.976 bits per heavy atom. The van der Waals surface area contributed by atoms with Crippen LogP contribution in [0.4, 0.5) is 26.3 Å². The van der Waals surface area contributed by atoms with E-state index < -0.39 is 29.9 Å². The smallest absolute Gasteiger partial charge is 0.434 e. The highest BCUT2D eigenvalue weighted by atomic mass is 19.4. The van der Waals surface area contributed by atoms with Crippen LogP contribution >= 0.6 is 0 Å². The molecule has 0 saturated heterocycles. The lowest BCUT2D eigenvalue weighted by atomic mass is 10.1. The zero-order chi connectivity index (χ0) is 29.5. The normalized spacial score (nSPS) is 14.7. The van der Waals surface area contributed by atoms with Crippen molar-refractivity contribution in [3.05, 3.63) is 65.5 Å². The van der Waals surface area contributed by atoms with Crippen LogP contribution in [0.15, 0.2) is 43.0 Å². The third-order valence-electron chi connectivity index (χ3n) is 6.65. The van der Waals surface area contributed by atoms with Crippen molar-refractivity contribution < 1.29 is 35.8 Å². The van der Waals surface area contributed by atoms with Gasteiger partial charge in [0.05, 0.1) is 12.8 Å². The molecule has 1 aliphatic carbocycles. The summed E-state index contributed by atoms with van der Waals surface area (Å²) in [5.74, 6) is 0.801. The molecule has 41 heavy (non-hydrogen) atoms. The molecule has 14 heteroatoms. The number of ether oxygens (including phenoxy) is 2. The third-order valence-corrected chi connectivity index (χ3v) is 6.65. The first-order valence-corrected chi connectivity index (χ1v) is 12.5. The summed E-state index contributed by atoms with van der Waals surface area (Å²) in [6.45, 7) is 2.57. The highest BCUT2D eigenvalue weighted by molar-refractivity contribution is 5.66. The van der Waals surface area contributed by atoms with Gasteiger partial charge in [0.1, 0.15) is 30.4 Å². The van der Waals surface area contributed by atoms with E-state index in [2.05, 4.69) is 24.9 Å². The SMILES string of the molecule is COc1ncnc(C2CC2)c1-c1ncc(C)c(OCc2ccc(-c3nc(C(F)(F)F)cn3[C@H](C)C(F)(F)F)cc2)n1. The molecule has 0 N–H and O–H groups in total. The van der Waals surface area contributed by atoms with Crippen molar-refractivity contribution in [1.29, 1.82) is 0 Å². The highest BCUT2D eigenvalue weighted by Crippen LogP contribution is 2.45. The number of hydrogen-bond donors (Lipinski definition) is 0. The highest BCUT2D eigenvalue weighted by Gasteiger charge is 2.42. The maximum absolute atomic E-state index is 13.4. The Bertz CT molecular complexity index is 1550. The molecule has 0 radical (unpaired) electrons. The van der Waals surface area contributed by atoms with Crippen LogP contribution in [0.3, 0.4) is 0 Å². The van der Waals surface area contributed by atoms with Gasteiger partial charge >= 0.3 is 12.4 Å². The Labute approximate surface area is 230 Å². The van der Waals surface area contributed by atoms with Crippen LogP contribution in [0.1, 0.15) is 54.2 Å². The molecule has 0 amide bonds. The van der Waals surface area contributed by atoms with Crippen LogP contribution < -0.4 is 9.47 Å². The number of imidazole rings is 1. The fraction of sp³-hybridized carbons (Fsp3) is 0.370. The molecule has 0 bridgehead atoms. The van der Waals surface area contributed by atoms with Gasteiger partial charge < -0.3 is 14.0 Å². The van der Waals surface area contributed by atoms with E-state index in [1.807, 2.05) is 0 Å². The fourth-order valence-corrected chi connectivity index (χ4v) is 4.20. The molecule has 5 rings (SSSR count). The summed E-state index contributed by atoms with van der Waals surface area (Å²) >= 11 is 0. The van der Waals surface area contributed by atoms with Gasteiger partial charge in [-0.1, -0.05) is 24.3 Å². The molecular weight excluding hydrogens is 554 g/mol. The molecule has 0 spiro atoms. The zero-order valence-corrected chi connectivity index (χ0v) is 22.1. The van der Waals surface area contributed by atoms with Gasteiger partial charge in [0.2, 0.25) is 11.8 Å². The van der Waals surface area contributed by atoms with Crippen molar-refractivity contribution in [2.75, 3.05) is 7.11 Å². The Morgan fingerprint density at radius 2 is 1.68 bits per heavy atom. The van der Waals surface area contributed by atoms with Crippen LogP contribution in [0.2, 0.25) is 0 Å². The van der Waals surface area contributed by atoms with Crippen molar-refractivity contribution >= 4 is 0 Å². The Kier molecular flexibility index (Phi) is 7.34. The Morgan fingerprint density at radius 3 is 2.29 bits per heavy atom. The summed E-state index contributed by atoms with van der Waals surface area (Å²) < 4.78 is 91.7. The maximum atomic E-state index is 13.4. The first-order valence-electron chi connectivity index (χ1n) is 12.5. The summed E-state index contributed by atoms with van der Waals surface area (Å²) in [6, 6.07) is 3.65. The lowest BCUT2D eigenvalue weighted by molar-refractivity contribution is -0.163. The molecule has 4 aromatic rings. The van der Waals surface area contributed by atoms with Gasteiger partial charge in [0.15, 0.2) is 11.5 Å². The zero-order valence-electron chi connectivity index (χ0n) is 22.1. The minimum atomic E-state index is -4.90. The van der Waals surface area contributed by atoms with Crippen LogP contribution in [-0.4, -0.2) is 42.8 Å². The predicted molar refractivity (Wildman–Crippen MR) is 134 cm³/mol. The maximum Gasteiger partial charge on any atom is 0.434 e. The van der Waals surface area contributed by atoms with Crippen LogP contribution in [0, 0.1) is 6.92 Å². The number of rotatable bonds is 8. The number of benzene rings is 1. The summed E-state index contributed by atoms with van der Waals surface area (Å²) in [5, 5.41) is 0. The minimum absolute atomic E-state index is 0.0245. The lowest BCUT2D eigenvalue weighted by Crippen LogP contribution is -2.24.